The van der Waals surface area contributed by atoms with Crippen LogP contribution in [0, 0.1) is 13.8 Å². The van der Waals surface area contributed by atoms with Crippen LogP contribution >= 0.6 is 15.9 Å². The van der Waals surface area contributed by atoms with E-state index in [1.807, 2.05) is 87.5 Å². The molecule has 0 bridgehead atoms. The molecular weight excluding hydrogens is 638 g/mol. The number of carbonyl (C=O) groups excluding carboxylic acids is 2. The molecule has 0 saturated heterocycles. The van der Waals surface area contributed by atoms with Crippen LogP contribution in [0.25, 0.3) is 0 Å². The molecule has 0 aromatic heterocycles. The molecule has 4 aromatic carbocycles. The minimum atomic E-state index is -4.14. The number of benzene rings is 4. The first kappa shape index (κ1) is 33.0. The van der Waals surface area contributed by atoms with E-state index in [0.717, 1.165) is 37.5 Å². The molecule has 9 heteroatoms. The van der Waals surface area contributed by atoms with Gasteiger partial charge in [-0.15, -0.1) is 0 Å². The van der Waals surface area contributed by atoms with Gasteiger partial charge in [-0.3, -0.25) is 13.9 Å². The van der Waals surface area contributed by atoms with Gasteiger partial charge >= 0.3 is 0 Å². The molecule has 44 heavy (non-hydrogen) atoms. The van der Waals surface area contributed by atoms with Crippen LogP contribution in [-0.4, -0.2) is 44.3 Å². The number of nitrogens with one attached hydrogen (secondary N) is 1. The molecule has 0 aliphatic rings. The van der Waals surface area contributed by atoms with Crippen molar-refractivity contribution in [1.82, 2.24) is 10.2 Å². The van der Waals surface area contributed by atoms with Crippen molar-refractivity contribution in [3.05, 3.63) is 130 Å². The molecule has 2 amide bonds. The van der Waals surface area contributed by atoms with E-state index in [1.165, 1.54) is 17.0 Å². The third kappa shape index (κ3) is 8.36. The van der Waals surface area contributed by atoms with Crippen LogP contribution in [0.15, 0.2) is 112 Å². The second kappa shape index (κ2) is 15.2. The maximum Gasteiger partial charge on any atom is 0.264 e. The molecule has 0 fully saturated rings. The van der Waals surface area contributed by atoms with Gasteiger partial charge in [-0.1, -0.05) is 101 Å². The van der Waals surface area contributed by atoms with E-state index in [-0.39, 0.29) is 23.8 Å². The summed E-state index contributed by atoms with van der Waals surface area (Å²) in [6, 6.07) is 29.7. The second-order valence-electron chi connectivity index (χ2n) is 10.8. The van der Waals surface area contributed by atoms with Crippen LogP contribution in [0.2, 0.25) is 0 Å². The van der Waals surface area contributed by atoms with E-state index in [2.05, 4.69) is 21.2 Å². The van der Waals surface area contributed by atoms with Gasteiger partial charge in [0.2, 0.25) is 11.8 Å². The van der Waals surface area contributed by atoms with Crippen molar-refractivity contribution < 1.29 is 18.0 Å². The topological polar surface area (TPSA) is 86.8 Å². The van der Waals surface area contributed by atoms with Crippen molar-refractivity contribution in [2.45, 2.75) is 51.1 Å². The first-order valence-electron chi connectivity index (χ1n) is 14.6. The Morgan fingerprint density at radius 1 is 0.841 bits per heavy atom. The third-order valence-electron chi connectivity index (χ3n) is 7.29. The van der Waals surface area contributed by atoms with Gasteiger partial charge in [0.15, 0.2) is 0 Å². The monoisotopic (exact) mass is 675 g/mol. The van der Waals surface area contributed by atoms with Crippen molar-refractivity contribution in [1.29, 1.82) is 0 Å². The van der Waals surface area contributed by atoms with E-state index in [0.29, 0.717) is 12.2 Å². The third-order valence-corrected chi connectivity index (χ3v) is 9.56. The van der Waals surface area contributed by atoms with Gasteiger partial charge in [-0.2, -0.15) is 0 Å². The number of hydrogen-bond donors (Lipinski definition) is 1. The van der Waals surface area contributed by atoms with E-state index in [4.69, 9.17) is 0 Å². The van der Waals surface area contributed by atoms with Gasteiger partial charge in [0.1, 0.15) is 12.6 Å². The lowest BCUT2D eigenvalue weighted by Crippen LogP contribution is -2.53. The first-order chi connectivity index (χ1) is 21.1. The lowest BCUT2D eigenvalue weighted by molar-refractivity contribution is -0.140. The molecule has 0 radical (unpaired) electrons. The standard InChI is InChI=1S/C35H38BrN3O4S/c1-4-20-37-35(41)33(23-28-12-7-5-8-13-28)38(24-29-14-11-15-30(36)22-29)34(40)25-39(32-19-18-26(2)21-27(32)3)44(42,43)31-16-9-6-10-17-31/h5-19,21-22,33H,4,20,23-25H2,1-3H3,(H,37,41). The predicted molar refractivity (Wildman–Crippen MR) is 179 cm³/mol. The van der Waals surface area contributed by atoms with Gasteiger partial charge in [-0.05, 0) is 67.3 Å². The number of hydrogen-bond acceptors (Lipinski definition) is 4. The second-order valence-corrected chi connectivity index (χ2v) is 13.5. The zero-order valence-corrected chi connectivity index (χ0v) is 27.6. The Morgan fingerprint density at radius 3 is 2.14 bits per heavy atom. The number of anilines is 1. The molecule has 4 rings (SSSR count). The number of halogens is 1. The zero-order chi connectivity index (χ0) is 31.7. The summed E-state index contributed by atoms with van der Waals surface area (Å²) < 4.78 is 30.3. The van der Waals surface area contributed by atoms with Crippen LogP contribution < -0.4 is 9.62 Å². The SMILES string of the molecule is CCCNC(=O)C(Cc1ccccc1)N(Cc1cccc(Br)c1)C(=O)CN(c1ccc(C)cc1C)S(=O)(=O)c1ccccc1. The summed E-state index contributed by atoms with van der Waals surface area (Å²) in [6.45, 7) is 5.81. The summed E-state index contributed by atoms with van der Waals surface area (Å²) >= 11 is 3.51. The van der Waals surface area contributed by atoms with Crippen molar-refractivity contribution in [3.8, 4) is 0 Å². The van der Waals surface area contributed by atoms with E-state index >= 15 is 0 Å². The Kier molecular flexibility index (Phi) is 11.4. The van der Waals surface area contributed by atoms with Crippen LogP contribution in [0.3, 0.4) is 0 Å². The average molecular weight is 677 g/mol. The highest BCUT2D eigenvalue weighted by molar-refractivity contribution is 9.10. The summed E-state index contributed by atoms with van der Waals surface area (Å²) in [5.41, 5.74) is 3.79. The van der Waals surface area contributed by atoms with Gasteiger partial charge in [-0.25, -0.2) is 8.42 Å². The lowest BCUT2D eigenvalue weighted by atomic mass is 10.0. The van der Waals surface area contributed by atoms with Gasteiger partial charge in [0.05, 0.1) is 10.6 Å². The Hall–Kier alpha value is -3.95. The highest BCUT2D eigenvalue weighted by atomic mass is 79.9. The molecule has 0 heterocycles. The van der Waals surface area contributed by atoms with Crippen molar-refractivity contribution in [2.75, 3.05) is 17.4 Å². The van der Waals surface area contributed by atoms with Crippen LogP contribution in [0.5, 0.6) is 0 Å². The Bertz CT molecular complexity index is 1680. The zero-order valence-electron chi connectivity index (χ0n) is 25.2. The maximum atomic E-state index is 14.5. The fraction of sp³-hybridized carbons (Fsp3) is 0.257. The quantitative estimate of drug-likeness (QED) is 0.177. The summed E-state index contributed by atoms with van der Waals surface area (Å²) in [4.78, 5) is 29.8. The molecule has 1 unspecified atom stereocenters. The normalized spacial score (nSPS) is 11.9. The Morgan fingerprint density at radius 2 is 1.50 bits per heavy atom. The molecule has 230 valence electrons. The molecule has 4 aromatic rings. The molecule has 0 spiro atoms. The highest BCUT2D eigenvalue weighted by Gasteiger charge is 2.35. The molecule has 7 nitrogen and oxygen atoms in total. The largest absolute Gasteiger partial charge is 0.354 e. The fourth-order valence-corrected chi connectivity index (χ4v) is 7.02. The minimum Gasteiger partial charge on any atom is -0.354 e. The summed E-state index contributed by atoms with van der Waals surface area (Å²) in [6.07, 6.45) is 1.00. The van der Waals surface area contributed by atoms with E-state index in [9.17, 15) is 18.0 Å². The number of sulfonamides is 1. The number of aryl methyl sites for hydroxylation is 2. The van der Waals surface area contributed by atoms with Crippen molar-refractivity contribution in [3.63, 3.8) is 0 Å². The maximum absolute atomic E-state index is 14.5. The number of amides is 2. The molecule has 0 saturated carbocycles. The van der Waals surface area contributed by atoms with E-state index < -0.39 is 28.5 Å². The molecule has 0 aliphatic heterocycles. The van der Waals surface area contributed by atoms with Gasteiger partial charge in [0, 0.05) is 24.0 Å². The molecular formula is C35H38BrN3O4S. The Labute approximate surface area is 269 Å². The van der Waals surface area contributed by atoms with Crippen molar-refractivity contribution >= 4 is 43.5 Å². The first-order valence-corrected chi connectivity index (χ1v) is 16.8. The molecule has 0 aliphatic carbocycles. The van der Waals surface area contributed by atoms with Crippen molar-refractivity contribution in [2.24, 2.45) is 0 Å². The predicted octanol–water partition coefficient (Wildman–Crippen LogP) is 6.43. The van der Waals surface area contributed by atoms with Crippen LogP contribution in [0.4, 0.5) is 5.69 Å². The van der Waals surface area contributed by atoms with Crippen LogP contribution in [0.1, 0.15) is 35.6 Å². The number of carbonyl (C=O) groups is 2. The summed E-state index contributed by atoms with van der Waals surface area (Å²) in [5.74, 6) is -0.778. The number of nitrogens with zero attached hydrogens (tertiary/aromatic N) is 2. The van der Waals surface area contributed by atoms with E-state index in [1.54, 1.807) is 24.3 Å². The highest BCUT2D eigenvalue weighted by Crippen LogP contribution is 2.28. The molecule has 1 atom stereocenters. The molecule has 1 N–H and O–H groups in total. The number of rotatable bonds is 13. The van der Waals surface area contributed by atoms with Gasteiger partial charge in [0.25, 0.3) is 10.0 Å². The lowest BCUT2D eigenvalue weighted by Gasteiger charge is -2.34. The summed E-state index contributed by atoms with van der Waals surface area (Å²) in [7, 11) is -4.14. The smallest absolute Gasteiger partial charge is 0.264 e. The average Bonchev–Trinajstić information content (AvgIpc) is 3.01. The van der Waals surface area contributed by atoms with Gasteiger partial charge < -0.3 is 10.2 Å². The summed E-state index contributed by atoms with van der Waals surface area (Å²) in [5, 5.41) is 2.97. The van der Waals surface area contributed by atoms with Crippen LogP contribution in [-0.2, 0) is 32.6 Å². The fourth-order valence-electron chi connectivity index (χ4n) is 5.07. The minimum absolute atomic E-state index is 0.0767. The Balaban J connectivity index is 1.81.